The molecule has 2 aliphatic carbocycles. The summed E-state index contributed by atoms with van der Waals surface area (Å²) in [4.78, 5) is 0. The maximum absolute atomic E-state index is 6.75. The van der Waals surface area contributed by atoms with Gasteiger partial charge in [0, 0.05) is 10.4 Å². The molecule has 30 heavy (non-hydrogen) atoms. The molecule has 0 unspecified atom stereocenters. The summed E-state index contributed by atoms with van der Waals surface area (Å²) in [6, 6.07) is 31.4. The SMILES string of the molecule is Bc1cc2c(cc1Cl)C1(c3ccccc3-2)c2ccccc2C(C)(C)c2ccccc21. The van der Waals surface area contributed by atoms with Gasteiger partial charge in [-0.3, -0.25) is 0 Å². The first-order valence-electron chi connectivity index (χ1n) is 10.6. The Labute approximate surface area is 184 Å². The standard InChI is InChI=1S/C28H22BCl/c1-27(2)20-11-5-7-13-22(20)28(23-14-8-6-12-21(23)27)19-10-4-3-9-17(19)18-15-25(29)26(30)16-24(18)28/h3-16H,29H2,1-2H3. The van der Waals surface area contributed by atoms with E-state index in [1.165, 1.54) is 44.5 Å². The van der Waals surface area contributed by atoms with E-state index >= 15 is 0 Å². The molecule has 0 aromatic heterocycles. The predicted octanol–water partition coefficient (Wildman–Crippen LogP) is 5.60. The van der Waals surface area contributed by atoms with Gasteiger partial charge in [0.25, 0.3) is 0 Å². The van der Waals surface area contributed by atoms with Crippen molar-refractivity contribution in [3.63, 3.8) is 0 Å². The Morgan fingerprint density at radius 3 is 1.70 bits per heavy atom. The zero-order chi connectivity index (χ0) is 20.7. The highest BCUT2D eigenvalue weighted by atomic mass is 35.5. The lowest BCUT2D eigenvalue weighted by Crippen LogP contribution is -2.40. The summed E-state index contributed by atoms with van der Waals surface area (Å²) in [5, 5.41) is 0.834. The van der Waals surface area contributed by atoms with Crippen molar-refractivity contribution in [2.75, 3.05) is 0 Å². The molecule has 0 fully saturated rings. The fourth-order valence-electron chi connectivity index (χ4n) is 5.99. The monoisotopic (exact) mass is 404 g/mol. The molecule has 0 heterocycles. The van der Waals surface area contributed by atoms with Crippen molar-refractivity contribution in [2.24, 2.45) is 0 Å². The molecular weight excluding hydrogens is 383 g/mol. The largest absolute Gasteiger partial charge is 0.141 e. The minimum absolute atomic E-state index is 0.0649. The van der Waals surface area contributed by atoms with Gasteiger partial charge in [0.1, 0.15) is 7.85 Å². The van der Waals surface area contributed by atoms with Crippen LogP contribution in [0.25, 0.3) is 11.1 Å². The lowest BCUT2D eigenvalue weighted by Gasteiger charge is -2.46. The second-order valence-corrected chi connectivity index (χ2v) is 9.57. The van der Waals surface area contributed by atoms with Crippen LogP contribution >= 0.6 is 11.6 Å². The molecule has 144 valence electrons. The lowest BCUT2D eigenvalue weighted by atomic mass is 9.55. The summed E-state index contributed by atoms with van der Waals surface area (Å²) < 4.78 is 0. The van der Waals surface area contributed by atoms with Crippen molar-refractivity contribution in [3.05, 3.63) is 123 Å². The molecule has 0 radical (unpaired) electrons. The van der Waals surface area contributed by atoms with E-state index in [1.807, 2.05) is 0 Å². The van der Waals surface area contributed by atoms with Gasteiger partial charge in [-0.15, -0.1) is 0 Å². The summed E-state index contributed by atoms with van der Waals surface area (Å²) in [7, 11) is 2.10. The molecule has 1 spiro atoms. The van der Waals surface area contributed by atoms with Gasteiger partial charge in [-0.25, -0.2) is 0 Å². The molecule has 4 aromatic rings. The molecule has 0 saturated heterocycles. The Morgan fingerprint density at radius 2 is 1.10 bits per heavy atom. The molecule has 0 nitrogen and oxygen atoms in total. The highest BCUT2D eigenvalue weighted by Crippen LogP contribution is 2.61. The number of benzene rings is 4. The minimum atomic E-state index is -0.341. The van der Waals surface area contributed by atoms with E-state index in [-0.39, 0.29) is 10.8 Å². The quantitative estimate of drug-likeness (QED) is 0.295. The topological polar surface area (TPSA) is 0 Å². The third kappa shape index (κ3) is 1.99. The van der Waals surface area contributed by atoms with Crippen molar-refractivity contribution >= 4 is 24.9 Å². The van der Waals surface area contributed by atoms with Crippen molar-refractivity contribution in [1.29, 1.82) is 0 Å². The second kappa shape index (κ2) is 5.90. The molecule has 2 aliphatic rings. The van der Waals surface area contributed by atoms with Crippen LogP contribution in [-0.2, 0) is 10.8 Å². The van der Waals surface area contributed by atoms with Gasteiger partial charge in [-0.1, -0.05) is 110 Å². The highest BCUT2D eigenvalue weighted by Gasteiger charge is 2.53. The van der Waals surface area contributed by atoms with Gasteiger partial charge in [0.05, 0.1) is 5.41 Å². The Bertz CT molecular complexity index is 1300. The van der Waals surface area contributed by atoms with Crippen LogP contribution in [0.2, 0.25) is 5.02 Å². The van der Waals surface area contributed by atoms with Crippen LogP contribution in [0.15, 0.2) is 84.9 Å². The average Bonchev–Trinajstić information content (AvgIpc) is 3.03. The maximum Gasteiger partial charge on any atom is 0.141 e. The maximum atomic E-state index is 6.75. The van der Waals surface area contributed by atoms with Crippen molar-refractivity contribution in [3.8, 4) is 11.1 Å². The van der Waals surface area contributed by atoms with Crippen molar-refractivity contribution < 1.29 is 0 Å². The van der Waals surface area contributed by atoms with E-state index in [4.69, 9.17) is 11.6 Å². The summed E-state index contributed by atoms with van der Waals surface area (Å²) in [5.74, 6) is 0. The van der Waals surface area contributed by atoms with Crippen LogP contribution in [0.4, 0.5) is 0 Å². The molecule has 0 N–H and O–H groups in total. The van der Waals surface area contributed by atoms with Gasteiger partial charge >= 0.3 is 0 Å². The van der Waals surface area contributed by atoms with Crippen molar-refractivity contribution in [1.82, 2.24) is 0 Å². The van der Waals surface area contributed by atoms with Gasteiger partial charge < -0.3 is 0 Å². The summed E-state index contributed by atoms with van der Waals surface area (Å²) in [6.07, 6.45) is 0. The van der Waals surface area contributed by atoms with Crippen LogP contribution < -0.4 is 5.46 Å². The molecule has 0 atom stereocenters. The van der Waals surface area contributed by atoms with Crippen LogP contribution in [-0.4, -0.2) is 7.85 Å². The number of hydrogen-bond donors (Lipinski definition) is 0. The first-order valence-corrected chi connectivity index (χ1v) is 11.0. The molecule has 2 heteroatoms. The van der Waals surface area contributed by atoms with Crippen LogP contribution in [0.3, 0.4) is 0 Å². The zero-order valence-electron chi connectivity index (χ0n) is 17.5. The lowest BCUT2D eigenvalue weighted by molar-refractivity contribution is 0.563. The number of hydrogen-bond acceptors (Lipinski definition) is 0. The molecule has 6 rings (SSSR count). The molecular formula is C28H22BCl. The summed E-state index contributed by atoms with van der Waals surface area (Å²) in [5.41, 5.74) is 11.5. The van der Waals surface area contributed by atoms with Crippen LogP contribution in [0, 0.1) is 0 Å². The minimum Gasteiger partial charge on any atom is -0.0850 e. The molecule has 0 bridgehead atoms. The van der Waals surface area contributed by atoms with E-state index in [1.54, 1.807) is 0 Å². The third-order valence-electron chi connectivity index (χ3n) is 7.33. The van der Waals surface area contributed by atoms with Crippen LogP contribution in [0.1, 0.15) is 47.2 Å². The fraction of sp³-hybridized carbons (Fsp3) is 0.143. The summed E-state index contributed by atoms with van der Waals surface area (Å²) in [6.45, 7) is 4.70. The zero-order valence-corrected chi connectivity index (χ0v) is 18.2. The van der Waals surface area contributed by atoms with Crippen molar-refractivity contribution in [2.45, 2.75) is 24.7 Å². The Hall–Kier alpha value is -2.77. The van der Waals surface area contributed by atoms with Gasteiger partial charge in [0.2, 0.25) is 0 Å². The Balaban J connectivity index is 1.89. The molecule has 0 aliphatic heterocycles. The van der Waals surface area contributed by atoms with E-state index in [0.29, 0.717) is 0 Å². The van der Waals surface area contributed by atoms with Gasteiger partial charge in [-0.05, 0) is 50.6 Å². The Morgan fingerprint density at radius 1 is 0.600 bits per heavy atom. The van der Waals surface area contributed by atoms with Gasteiger partial charge in [0.15, 0.2) is 0 Å². The average molecular weight is 405 g/mol. The first kappa shape index (κ1) is 18.0. The van der Waals surface area contributed by atoms with Crippen LogP contribution in [0.5, 0.6) is 0 Å². The second-order valence-electron chi connectivity index (χ2n) is 9.16. The number of halogens is 1. The summed E-state index contributed by atoms with van der Waals surface area (Å²) >= 11 is 6.75. The van der Waals surface area contributed by atoms with Gasteiger partial charge in [-0.2, -0.15) is 0 Å². The molecule has 0 saturated carbocycles. The smallest absolute Gasteiger partial charge is 0.0850 e. The van der Waals surface area contributed by atoms with E-state index in [9.17, 15) is 0 Å². The molecule has 0 amide bonds. The van der Waals surface area contributed by atoms with E-state index < -0.39 is 0 Å². The number of rotatable bonds is 0. The van der Waals surface area contributed by atoms with E-state index in [0.717, 1.165) is 10.5 Å². The fourth-order valence-corrected chi connectivity index (χ4v) is 6.15. The molecule has 4 aromatic carbocycles. The highest BCUT2D eigenvalue weighted by molar-refractivity contribution is 6.45. The first-order chi connectivity index (χ1) is 14.5. The predicted molar refractivity (Wildman–Crippen MR) is 129 cm³/mol. The normalized spacial score (nSPS) is 16.5. The Kier molecular flexibility index (Phi) is 3.54. The number of fused-ring (bicyclic) bond motifs is 9. The third-order valence-corrected chi connectivity index (χ3v) is 7.74. The van der Waals surface area contributed by atoms with E-state index in [2.05, 4.69) is 107 Å².